The Kier molecular flexibility index (Phi) is 24.5. The van der Waals surface area contributed by atoms with Gasteiger partial charge in [0, 0.05) is 24.2 Å². The average molecular weight is 183 g/mol. The molecule has 0 aromatic rings. The normalized spacial score (nSPS) is 7.89. The van der Waals surface area contributed by atoms with E-state index in [1.54, 1.807) is 0 Å². The fourth-order valence-corrected chi connectivity index (χ4v) is 0. The monoisotopic (exact) mass is 183 g/mol. The van der Waals surface area contributed by atoms with E-state index in [0.717, 1.165) is 7.11 Å². The van der Waals surface area contributed by atoms with Gasteiger partial charge in [0.05, 0.1) is 0 Å². The van der Waals surface area contributed by atoms with Crippen molar-refractivity contribution in [2.75, 3.05) is 7.11 Å². The van der Waals surface area contributed by atoms with Crippen LogP contribution in [0.1, 0.15) is 2.85 Å². The van der Waals surface area contributed by atoms with Gasteiger partial charge in [-0.25, -0.2) is 4.57 Å². The predicted molar refractivity (Wildman–Crippen MR) is 21.3 cm³/mol. The second kappa shape index (κ2) is 9.82. The molecule has 0 rings (SSSR count). The van der Waals surface area contributed by atoms with Gasteiger partial charge in [-0.2, -0.15) is 0 Å². The Morgan fingerprint density at radius 1 is 1.44 bits per heavy atom. The maximum Gasteiger partial charge on any atom is 1.00 e. The summed E-state index contributed by atoms with van der Waals surface area (Å²) >= 11 is 0. The Balaban J connectivity index is -0.0000000125. The summed E-state index contributed by atoms with van der Waals surface area (Å²) in [7, 11) is -3.20. The SMILES string of the molecule is COP(=O)(O)O.[H-].[H-].[Li+].[Li+].[Mn]. The zero-order valence-corrected chi connectivity index (χ0v) is 7.61. The second-order valence-corrected chi connectivity index (χ2v) is 2.02. The first-order valence-corrected chi connectivity index (χ1v) is 2.70. The van der Waals surface area contributed by atoms with Crippen molar-refractivity contribution in [2.24, 2.45) is 0 Å². The summed E-state index contributed by atoms with van der Waals surface area (Å²) in [6.07, 6.45) is 0. The standard InChI is InChI=1S/CH5O4P.2Li.Mn.2H/c1-5-6(2,3)4;;;;;/h1H3,(H2,2,3,4);;;;;/q;2*+1;;2*-1. The minimum atomic E-state index is -4.15. The van der Waals surface area contributed by atoms with Gasteiger partial charge in [-0.1, -0.05) is 0 Å². The van der Waals surface area contributed by atoms with E-state index in [9.17, 15) is 4.57 Å². The molecule has 0 atom stereocenters. The quantitative estimate of drug-likeness (QED) is 0.313. The van der Waals surface area contributed by atoms with Crippen LogP contribution in [0.4, 0.5) is 0 Å². The van der Waals surface area contributed by atoms with E-state index in [1.807, 2.05) is 0 Å². The Labute approximate surface area is 91.2 Å². The van der Waals surface area contributed by atoms with E-state index >= 15 is 0 Å². The molecule has 1 radical (unpaired) electrons. The summed E-state index contributed by atoms with van der Waals surface area (Å²) < 4.78 is 13.1. The van der Waals surface area contributed by atoms with E-state index in [2.05, 4.69) is 4.52 Å². The van der Waals surface area contributed by atoms with Crippen molar-refractivity contribution in [3.63, 3.8) is 0 Å². The predicted octanol–water partition coefficient (Wildman–Crippen LogP) is -6.04. The molecule has 0 aliphatic carbocycles. The largest absolute Gasteiger partial charge is 1.00 e. The number of phosphoric acid groups is 1. The third kappa shape index (κ3) is 25.8. The summed E-state index contributed by atoms with van der Waals surface area (Å²) in [5.41, 5.74) is 0. The van der Waals surface area contributed by atoms with Gasteiger partial charge in [0.25, 0.3) is 0 Å². The molecule has 0 fully saturated rings. The fraction of sp³-hybridized carbons (Fsp3) is 1.00. The van der Waals surface area contributed by atoms with Crippen LogP contribution >= 0.6 is 7.82 Å². The molecular formula is CH7Li2MnO4P. The van der Waals surface area contributed by atoms with Gasteiger partial charge in [0.15, 0.2) is 0 Å². The number of rotatable bonds is 1. The van der Waals surface area contributed by atoms with Crippen LogP contribution in [0.25, 0.3) is 0 Å². The summed E-state index contributed by atoms with van der Waals surface area (Å²) in [5, 5.41) is 0. The Morgan fingerprint density at radius 2 is 1.56 bits per heavy atom. The van der Waals surface area contributed by atoms with Crippen molar-refractivity contribution in [3.8, 4) is 0 Å². The summed E-state index contributed by atoms with van der Waals surface area (Å²) in [6, 6.07) is 0. The van der Waals surface area contributed by atoms with Gasteiger partial charge in [-0.3, -0.25) is 4.52 Å². The molecule has 0 amide bonds. The maximum atomic E-state index is 9.47. The van der Waals surface area contributed by atoms with Gasteiger partial charge < -0.3 is 12.6 Å². The summed E-state index contributed by atoms with van der Waals surface area (Å²) in [5.74, 6) is 0. The Bertz CT molecular complexity index is 90.2. The van der Waals surface area contributed by atoms with Gasteiger partial charge in [-0.15, -0.1) is 0 Å². The molecule has 0 saturated carbocycles. The van der Waals surface area contributed by atoms with E-state index in [4.69, 9.17) is 9.79 Å². The van der Waals surface area contributed by atoms with E-state index in [1.165, 1.54) is 0 Å². The van der Waals surface area contributed by atoms with Gasteiger partial charge in [-0.05, 0) is 0 Å². The minimum Gasteiger partial charge on any atom is -1.00 e. The van der Waals surface area contributed by atoms with Crippen molar-refractivity contribution in [3.05, 3.63) is 0 Å². The van der Waals surface area contributed by atoms with E-state index < -0.39 is 7.82 Å². The first-order chi connectivity index (χ1) is 2.56. The van der Waals surface area contributed by atoms with Gasteiger partial charge in [0.2, 0.25) is 0 Å². The zero-order chi connectivity index (χ0) is 5.21. The minimum absolute atomic E-state index is 0. The molecule has 0 unspecified atom stereocenters. The molecule has 8 heteroatoms. The summed E-state index contributed by atoms with van der Waals surface area (Å²) in [6.45, 7) is 0. The molecule has 0 saturated heterocycles. The topological polar surface area (TPSA) is 66.8 Å². The van der Waals surface area contributed by atoms with E-state index in [-0.39, 0.29) is 57.6 Å². The van der Waals surface area contributed by atoms with Crippen molar-refractivity contribution in [2.45, 2.75) is 0 Å². The van der Waals surface area contributed by atoms with Crippen molar-refractivity contribution in [1.29, 1.82) is 0 Å². The first kappa shape index (κ1) is 22.4. The van der Waals surface area contributed by atoms with Gasteiger partial charge >= 0.3 is 45.5 Å². The van der Waals surface area contributed by atoms with Crippen LogP contribution in [0, 0.1) is 0 Å². The Morgan fingerprint density at radius 3 is 1.56 bits per heavy atom. The third-order valence-corrected chi connectivity index (χ3v) is 0.714. The Hall–Kier alpha value is 1.82. The van der Waals surface area contributed by atoms with Crippen LogP contribution in [0.5, 0.6) is 0 Å². The van der Waals surface area contributed by atoms with Crippen LogP contribution < -0.4 is 37.7 Å². The van der Waals surface area contributed by atoms with Crippen molar-refractivity contribution >= 4 is 7.82 Å². The number of phosphoric ester groups is 1. The zero-order valence-electron chi connectivity index (χ0n) is 7.54. The average Bonchev–Trinajstić information content (AvgIpc) is 1.35. The smallest absolute Gasteiger partial charge is 1.00 e. The summed E-state index contributed by atoms with van der Waals surface area (Å²) in [4.78, 5) is 15.4. The van der Waals surface area contributed by atoms with Crippen molar-refractivity contribution < 1.29 is 76.5 Å². The molecule has 2 N–H and O–H groups in total. The molecule has 0 spiro atoms. The molecule has 9 heavy (non-hydrogen) atoms. The van der Waals surface area contributed by atoms with Gasteiger partial charge in [0.1, 0.15) is 0 Å². The first-order valence-electron chi connectivity index (χ1n) is 1.17. The number of hydrogen-bond acceptors (Lipinski definition) is 2. The van der Waals surface area contributed by atoms with E-state index in [0.29, 0.717) is 0 Å². The molecule has 4 nitrogen and oxygen atoms in total. The molecule has 49 valence electrons. The van der Waals surface area contributed by atoms with Crippen LogP contribution in [-0.4, -0.2) is 16.9 Å². The van der Waals surface area contributed by atoms with Crippen LogP contribution in [0.15, 0.2) is 0 Å². The molecule has 0 aliphatic rings. The van der Waals surface area contributed by atoms with Crippen LogP contribution in [0.3, 0.4) is 0 Å². The third-order valence-electron chi connectivity index (χ3n) is 0.238. The molecule has 0 bridgehead atoms. The molecule has 0 aromatic heterocycles. The molecule has 0 aromatic carbocycles. The second-order valence-electron chi connectivity index (χ2n) is 0.673. The maximum absolute atomic E-state index is 9.47. The number of hydrogen-bond donors (Lipinski definition) is 2. The van der Waals surface area contributed by atoms with Crippen molar-refractivity contribution in [1.82, 2.24) is 0 Å². The molecule has 0 aliphatic heterocycles. The molecular weight excluding hydrogens is 176 g/mol. The van der Waals surface area contributed by atoms with Crippen LogP contribution in [-0.2, 0) is 26.2 Å². The fourth-order valence-electron chi connectivity index (χ4n) is 0. The molecule has 0 heterocycles. The van der Waals surface area contributed by atoms with Crippen LogP contribution in [0.2, 0.25) is 0 Å².